The Kier molecular flexibility index (Phi) is 3.07. The lowest BCUT2D eigenvalue weighted by molar-refractivity contribution is 0.500. The van der Waals surface area contributed by atoms with Gasteiger partial charge in [-0.15, -0.1) is 0 Å². The van der Waals surface area contributed by atoms with Crippen molar-refractivity contribution in [3.8, 4) is 11.3 Å². The number of oxazole rings is 1. The third-order valence-corrected chi connectivity index (χ3v) is 2.68. The summed E-state index contributed by atoms with van der Waals surface area (Å²) < 4.78 is 18.4. The van der Waals surface area contributed by atoms with Gasteiger partial charge >= 0.3 is 0 Å². The molecule has 1 heterocycles. The summed E-state index contributed by atoms with van der Waals surface area (Å²) in [5.74, 6) is 0.349. The van der Waals surface area contributed by atoms with E-state index in [1.54, 1.807) is 6.07 Å². The molecular weight excluding hydrogens is 243 g/mol. The van der Waals surface area contributed by atoms with E-state index in [4.69, 9.17) is 21.8 Å². The van der Waals surface area contributed by atoms with Crippen LogP contribution in [0.3, 0.4) is 0 Å². The molecule has 0 unspecified atom stereocenters. The molecule has 5 heteroatoms. The van der Waals surface area contributed by atoms with E-state index in [1.807, 2.05) is 13.8 Å². The van der Waals surface area contributed by atoms with Gasteiger partial charge in [-0.2, -0.15) is 4.98 Å². The second-order valence-electron chi connectivity index (χ2n) is 4.05. The maximum absolute atomic E-state index is 13.1. The topological polar surface area (TPSA) is 52.0 Å². The molecule has 90 valence electrons. The Hall–Kier alpha value is -1.55. The Morgan fingerprint density at radius 3 is 2.71 bits per heavy atom. The second kappa shape index (κ2) is 4.37. The molecule has 0 aliphatic heterocycles. The molecule has 0 saturated carbocycles. The van der Waals surface area contributed by atoms with Crippen LogP contribution in [0.5, 0.6) is 0 Å². The normalized spacial score (nSPS) is 11.1. The SMILES string of the molecule is CC(C)c1oc(N)nc1-c1ccc(F)c(Cl)c1. The van der Waals surface area contributed by atoms with Crippen molar-refractivity contribution in [1.82, 2.24) is 4.98 Å². The zero-order valence-corrected chi connectivity index (χ0v) is 10.3. The summed E-state index contributed by atoms with van der Waals surface area (Å²) in [7, 11) is 0. The summed E-state index contributed by atoms with van der Waals surface area (Å²) in [6.45, 7) is 3.93. The van der Waals surface area contributed by atoms with Crippen molar-refractivity contribution < 1.29 is 8.81 Å². The summed E-state index contributed by atoms with van der Waals surface area (Å²) >= 11 is 5.74. The van der Waals surface area contributed by atoms with Gasteiger partial charge in [-0.25, -0.2) is 4.39 Å². The molecule has 0 aliphatic rings. The van der Waals surface area contributed by atoms with Gasteiger partial charge in [-0.1, -0.05) is 25.4 Å². The Morgan fingerprint density at radius 2 is 2.12 bits per heavy atom. The first-order valence-electron chi connectivity index (χ1n) is 5.20. The number of nitrogen functional groups attached to an aromatic ring is 1. The van der Waals surface area contributed by atoms with Crippen LogP contribution < -0.4 is 5.73 Å². The molecule has 2 rings (SSSR count). The molecule has 0 fully saturated rings. The molecule has 17 heavy (non-hydrogen) atoms. The molecule has 1 aromatic heterocycles. The van der Waals surface area contributed by atoms with Crippen molar-refractivity contribution >= 4 is 17.6 Å². The number of aromatic nitrogens is 1. The van der Waals surface area contributed by atoms with E-state index < -0.39 is 5.82 Å². The average Bonchev–Trinajstić information content (AvgIpc) is 2.64. The number of hydrogen-bond acceptors (Lipinski definition) is 3. The van der Waals surface area contributed by atoms with E-state index in [1.165, 1.54) is 12.1 Å². The molecule has 0 aliphatic carbocycles. The fourth-order valence-corrected chi connectivity index (χ4v) is 1.77. The van der Waals surface area contributed by atoms with Crippen molar-refractivity contribution in [2.75, 3.05) is 5.73 Å². The van der Waals surface area contributed by atoms with Crippen molar-refractivity contribution in [3.63, 3.8) is 0 Å². The number of halogens is 2. The number of anilines is 1. The number of nitrogens with two attached hydrogens (primary N) is 1. The molecule has 0 bridgehead atoms. The predicted molar refractivity (Wildman–Crippen MR) is 65.4 cm³/mol. The van der Waals surface area contributed by atoms with Crippen LogP contribution in [0.1, 0.15) is 25.5 Å². The van der Waals surface area contributed by atoms with Gasteiger partial charge in [0.15, 0.2) is 0 Å². The quantitative estimate of drug-likeness (QED) is 0.886. The maximum Gasteiger partial charge on any atom is 0.292 e. The van der Waals surface area contributed by atoms with Gasteiger partial charge in [0.05, 0.1) is 5.02 Å². The van der Waals surface area contributed by atoms with Gasteiger partial charge in [0.25, 0.3) is 6.01 Å². The van der Waals surface area contributed by atoms with Crippen LogP contribution in [-0.4, -0.2) is 4.98 Å². The van der Waals surface area contributed by atoms with E-state index in [-0.39, 0.29) is 17.0 Å². The number of nitrogens with zero attached hydrogens (tertiary/aromatic N) is 1. The molecule has 0 atom stereocenters. The molecule has 0 radical (unpaired) electrons. The van der Waals surface area contributed by atoms with Crippen LogP contribution in [0.25, 0.3) is 11.3 Å². The predicted octanol–water partition coefficient (Wildman–Crippen LogP) is 3.84. The van der Waals surface area contributed by atoms with Gasteiger partial charge in [0.2, 0.25) is 0 Å². The zero-order chi connectivity index (χ0) is 12.6. The highest BCUT2D eigenvalue weighted by Crippen LogP contribution is 2.32. The summed E-state index contributed by atoms with van der Waals surface area (Å²) in [5, 5.41) is 0.0544. The van der Waals surface area contributed by atoms with E-state index in [0.29, 0.717) is 17.0 Å². The summed E-state index contributed by atoms with van der Waals surface area (Å²) in [4.78, 5) is 4.10. The zero-order valence-electron chi connectivity index (χ0n) is 9.50. The summed E-state index contributed by atoms with van der Waals surface area (Å²) in [6.07, 6.45) is 0. The molecular formula is C12H12ClFN2O. The monoisotopic (exact) mass is 254 g/mol. The molecule has 3 nitrogen and oxygen atoms in total. The van der Waals surface area contributed by atoms with Crippen LogP contribution in [0.2, 0.25) is 5.02 Å². The van der Waals surface area contributed by atoms with Crippen LogP contribution in [0.15, 0.2) is 22.6 Å². The number of benzene rings is 1. The fraction of sp³-hybridized carbons (Fsp3) is 0.250. The second-order valence-corrected chi connectivity index (χ2v) is 4.46. The van der Waals surface area contributed by atoms with Crippen molar-refractivity contribution in [2.24, 2.45) is 0 Å². The molecule has 0 spiro atoms. The van der Waals surface area contributed by atoms with Crippen LogP contribution in [0, 0.1) is 5.82 Å². The van der Waals surface area contributed by atoms with E-state index in [0.717, 1.165) is 0 Å². The Labute approximate surface area is 103 Å². The average molecular weight is 255 g/mol. The highest BCUT2D eigenvalue weighted by atomic mass is 35.5. The van der Waals surface area contributed by atoms with Crippen LogP contribution >= 0.6 is 11.6 Å². The van der Waals surface area contributed by atoms with Crippen LogP contribution in [-0.2, 0) is 0 Å². The summed E-state index contributed by atoms with van der Waals surface area (Å²) in [5.41, 5.74) is 6.84. The minimum atomic E-state index is -0.460. The lowest BCUT2D eigenvalue weighted by atomic mass is 10.0. The molecule has 1 aromatic carbocycles. The fourth-order valence-electron chi connectivity index (χ4n) is 1.59. The smallest absolute Gasteiger partial charge is 0.292 e. The Morgan fingerprint density at radius 1 is 1.41 bits per heavy atom. The van der Waals surface area contributed by atoms with Gasteiger partial charge < -0.3 is 10.2 Å². The van der Waals surface area contributed by atoms with Crippen molar-refractivity contribution in [2.45, 2.75) is 19.8 Å². The Balaban J connectivity index is 2.55. The van der Waals surface area contributed by atoms with Crippen LogP contribution in [0.4, 0.5) is 10.4 Å². The maximum atomic E-state index is 13.1. The first-order valence-corrected chi connectivity index (χ1v) is 5.58. The van der Waals surface area contributed by atoms with Crippen molar-refractivity contribution in [1.29, 1.82) is 0 Å². The third-order valence-electron chi connectivity index (χ3n) is 2.39. The molecule has 2 N–H and O–H groups in total. The van der Waals surface area contributed by atoms with Gasteiger partial charge in [-0.3, -0.25) is 0 Å². The third kappa shape index (κ3) is 2.26. The number of hydrogen-bond donors (Lipinski definition) is 1. The Bertz CT molecular complexity index is 551. The van der Waals surface area contributed by atoms with E-state index in [2.05, 4.69) is 4.98 Å². The van der Waals surface area contributed by atoms with Gasteiger partial charge in [-0.05, 0) is 18.2 Å². The highest BCUT2D eigenvalue weighted by Gasteiger charge is 2.17. The standard InChI is InChI=1S/C12H12ClFN2O/c1-6(2)11-10(16-12(15)17-11)7-3-4-9(14)8(13)5-7/h3-6H,1-2H3,(H2,15,16). The first kappa shape index (κ1) is 11.9. The van der Waals surface area contributed by atoms with Gasteiger partial charge in [0.1, 0.15) is 17.3 Å². The first-order chi connectivity index (χ1) is 7.99. The van der Waals surface area contributed by atoms with Crippen molar-refractivity contribution in [3.05, 3.63) is 34.8 Å². The molecule has 2 aromatic rings. The minimum Gasteiger partial charge on any atom is -0.428 e. The van der Waals surface area contributed by atoms with Gasteiger partial charge in [0, 0.05) is 11.5 Å². The number of rotatable bonds is 2. The lowest BCUT2D eigenvalue weighted by Gasteiger charge is -2.04. The lowest BCUT2D eigenvalue weighted by Crippen LogP contribution is -1.90. The van der Waals surface area contributed by atoms with E-state index >= 15 is 0 Å². The largest absolute Gasteiger partial charge is 0.428 e. The minimum absolute atomic E-state index is 0.0544. The summed E-state index contributed by atoms with van der Waals surface area (Å²) in [6, 6.07) is 4.51. The highest BCUT2D eigenvalue weighted by molar-refractivity contribution is 6.31. The van der Waals surface area contributed by atoms with E-state index in [9.17, 15) is 4.39 Å². The molecule has 0 saturated heterocycles. The molecule has 0 amide bonds.